The van der Waals surface area contributed by atoms with Crippen LogP contribution in [0.25, 0.3) is 10.8 Å². The molecular weight excluding hydrogens is 340 g/mol. The molecule has 1 fully saturated rings. The lowest BCUT2D eigenvalue weighted by Crippen LogP contribution is -2.21. The van der Waals surface area contributed by atoms with E-state index in [1.54, 1.807) is 13.3 Å². The highest BCUT2D eigenvalue weighted by molar-refractivity contribution is 7.91. The topological polar surface area (TPSA) is 84.8 Å². The number of hydrogen-bond acceptors (Lipinski definition) is 5. The third-order valence-corrected chi connectivity index (χ3v) is 6.17. The molecule has 3 rings (SSSR count). The molecule has 1 heterocycles. The molecule has 25 heavy (non-hydrogen) atoms. The number of fused-ring (bicyclic) bond motifs is 1. The lowest BCUT2D eigenvalue weighted by Gasteiger charge is -2.09. The van der Waals surface area contributed by atoms with Gasteiger partial charge in [0.15, 0.2) is 9.84 Å². The van der Waals surface area contributed by atoms with Gasteiger partial charge in [-0.3, -0.25) is 4.79 Å². The van der Waals surface area contributed by atoms with Crippen LogP contribution < -0.4 is 10.2 Å². The molecule has 1 saturated heterocycles. The summed E-state index contributed by atoms with van der Waals surface area (Å²) in [6, 6.07) is 11.7. The van der Waals surface area contributed by atoms with E-state index in [1.165, 1.54) is 0 Å². The summed E-state index contributed by atoms with van der Waals surface area (Å²) in [5.41, 5.74) is 3.26. The zero-order valence-corrected chi connectivity index (χ0v) is 14.8. The molecule has 1 N–H and O–H groups in total. The minimum absolute atomic E-state index is 0.0846. The van der Waals surface area contributed by atoms with Gasteiger partial charge < -0.3 is 4.74 Å². The second-order valence-electron chi connectivity index (χ2n) is 6.17. The van der Waals surface area contributed by atoms with Crippen molar-refractivity contribution in [1.29, 1.82) is 0 Å². The van der Waals surface area contributed by atoms with Crippen LogP contribution in [0.4, 0.5) is 0 Å². The predicted molar refractivity (Wildman–Crippen MR) is 97.6 cm³/mol. The van der Waals surface area contributed by atoms with E-state index < -0.39 is 9.84 Å². The van der Waals surface area contributed by atoms with Gasteiger partial charge in [0, 0.05) is 12.0 Å². The third-order valence-electron chi connectivity index (χ3n) is 4.33. The van der Waals surface area contributed by atoms with Gasteiger partial charge in [0.25, 0.3) is 0 Å². The van der Waals surface area contributed by atoms with Gasteiger partial charge in [-0.1, -0.05) is 30.3 Å². The molecule has 6 nitrogen and oxygen atoms in total. The molecule has 0 unspecified atom stereocenters. The number of methoxy groups -OCH3 is 1. The number of ether oxygens (including phenoxy) is 1. The quantitative estimate of drug-likeness (QED) is 0.654. The van der Waals surface area contributed by atoms with Crippen molar-refractivity contribution < 1.29 is 17.9 Å². The number of carbonyl (C=O) groups excluding carboxylic acids is 1. The zero-order chi connectivity index (χ0) is 17.9. The summed E-state index contributed by atoms with van der Waals surface area (Å²) in [5.74, 6) is 0.520. The monoisotopic (exact) mass is 360 g/mol. The summed E-state index contributed by atoms with van der Waals surface area (Å²) >= 11 is 0. The van der Waals surface area contributed by atoms with E-state index in [0.717, 1.165) is 16.3 Å². The molecule has 1 aliphatic heterocycles. The molecule has 2 aromatic rings. The van der Waals surface area contributed by atoms with E-state index in [-0.39, 0.29) is 29.8 Å². The summed E-state index contributed by atoms with van der Waals surface area (Å²) in [5, 5.41) is 6.05. The predicted octanol–water partition coefficient (Wildman–Crippen LogP) is 2.12. The number of sulfone groups is 1. The number of nitrogens with one attached hydrogen (secondary N) is 1. The molecule has 2 aromatic carbocycles. The number of benzene rings is 2. The van der Waals surface area contributed by atoms with Crippen LogP contribution in [0, 0.1) is 5.92 Å². The van der Waals surface area contributed by atoms with Crippen molar-refractivity contribution >= 4 is 32.7 Å². The van der Waals surface area contributed by atoms with Gasteiger partial charge in [-0.05, 0) is 29.2 Å². The molecule has 1 amide bonds. The fourth-order valence-electron chi connectivity index (χ4n) is 3.10. The highest BCUT2D eigenvalue weighted by atomic mass is 32.2. The molecule has 0 bridgehead atoms. The van der Waals surface area contributed by atoms with Crippen molar-refractivity contribution in [1.82, 2.24) is 5.43 Å². The van der Waals surface area contributed by atoms with Crippen molar-refractivity contribution in [2.24, 2.45) is 11.0 Å². The lowest BCUT2D eigenvalue weighted by atomic mass is 10.0. The number of rotatable bonds is 5. The van der Waals surface area contributed by atoms with Crippen molar-refractivity contribution in [2.75, 3.05) is 18.6 Å². The SMILES string of the molecule is COc1ccc2ccccc2c1/C=N\NC(=O)C[C@H]1CCS(=O)(=O)C1. The molecule has 1 aliphatic rings. The summed E-state index contributed by atoms with van der Waals surface area (Å²) in [4.78, 5) is 12.0. The Bertz CT molecular complexity index is 922. The highest BCUT2D eigenvalue weighted by Crippen LogP contribution is 2.26. The average molecular weight is 360 g/mol. The fraction of sp³-hybridized carbons (Fsp3) is 0.333. The van der Waals surface area contributed by atoms with Crippen LogP contribution in [0.1, 0.15) is 18.4 Å². The Morgan fingerprint density at radius 3 is 2.84 bits per heavy atom. The van der Waals surface area contributed by atoms with Gasteiger partial charge in [0.05, 0.1) is 24.8 Å². The first-order valence-electron chi connectivity index (χ1n) is 8.06. The van der Waals surface area contributed by atoms with Crippen LogP contribution in [-0.4, -0.2) is 39.2 Å². The summed E-state index contributed by atoms with van der Waals surface area (Å²) in [7, 11) is -1.39. The van der Waals surface area contributed by atoms with Gasteiger partial charge in [-0.25, -0.2) is 13.8 Å². The fourth-order valence-corrected chi connectivity index (χ4v) is 4.96. The van der Waals surface area contributed by atoms with E-state index in [9.17, 15) is 13.2 Å². The van der Waals surface area contributed by atoms with Crippen molar-refractivity contribution in [3.63, 3.8) is 0 Å². The Kier molecular flexibility index (Phi) is 5.03. The van der Waals surface area contributed by atoms with Crippen molar-refractivity contribution in [3.05, 3.63) is 42.0 Å². The normalized spacial score (nSPS) is 19.3. The third kappa shape index (κ3) is 4.17. The van der Waals surface area contributed by atoms with Crippen LogP contribution in [0.3, 0.4) is 0 Å². The zero-order valence-electron chi connectivity index (χ0n) is 13.9. The largest absolute Gasteiger partial charge is 0.496 e. The maximum atomic E-state index is 12.0. The molecule has 0 aromatic heterocycles. The van der Waals surface area contributed by atoms with E-state index in [0.29, 0.717) is 12.2 Å². The van der Waals surface area contributed by atoms with Crippen molar-refractivity contribution in [3.8, 4) is 5.75 Å². The standard InChI is InChI=1S/C18H20N2O4S/c1-24-17-7-6-14-4-2-3-5-15(14)16(17)11-19-20-18(21)10-13-8-9-25(22,23)12-13/h2-7,11,13H,8-10,12H2,1H3,(H,20,21)/b19-11-/t13-/m1/s1. The number of nitrogens with zero attached hydrogens (tertiary/aromatic N) is 1. The van der Waals surface area contributed by atoms with E-state index in [2.05, 4.69) is 10.5 Å². The first-order valence-corrected chi connectivity index (χ1v) is 9.89. The number of hydrazone groups is 1. The maximum Gasteiger partial charge on any atom is 0.240 e. The molecule has 132 valence electrons. The van der Waals surface area contributed by atoms with E-state index in [4.69, 9.17) is 4.74 Å². The second kappa shape index (κ2) is 7.23. The second-order valence-corrected chi connectivity index (χ2v) is 8.40. The van der Waals surface area contributed by atoms with Gasteiger partial charge in [0.2, 0.25) is 5.91 Å². The molecular formula is C18H20N2O4S. The van der Waals surface area contributed by atoms with Crippen LogP contribution in [0.15, 0.2) is 41.5 Å². The molecule has 0 saturated carbocycles. The van der Waals surface area contributed by atoms with Gasteiger partial charge in [0.1, 0.15) is 5.75 Å². The summed E-state index contributed by atoms with van der Waals surface area (Å²) in [6.45, 7) is 0. The lowest BCUT2D eigenvalue weighted by molar-refractivity contribution is -0.121. The van der Waals surface area contributed by atoms with Crippen LogP contribution in [0.5, 0.6) is 5.75 Å². The molecule has 0 aliphatic carbocycles. The Morgan fingerprint density at radius 1 is 1.32 bits per heavy atom. The Labute approximate surface area is 146 Å². The van der Waals surface area contributed by atoms with Gasteiger partial charge in [-0.2, -0.15) is 5.10 Å². The Hall–Kier alpha value is -2.41. The van der Waals surface area contributed by atoms with E-state index >= 15 is 0 Å². The smallest absolute Gasteiger partial charge is 0.240 e. The van der Waals surface area contributed by atoms with E-state index in [1.807, 2.05) is 36.4 Å². The van der Waals surface area contributed by atoms with Gasteiger partial charge in [-0.15, -0.1) is 0 Å². The highest BCUT2D eigenvalue weighted by Gasteiger charge is 2.29. The minimum Gasteiger partial charge on any atom is -0.496 e. The number of carbonyl (C=O) groups is 1. The molecule has 0 spiro atoms. The minimum atomic E-state index is -2.97. The Morgan fingerprint density at radius 2 is 2.12 bits per heavy atom. The van der Waals surface area contributed by atoms with Crippen LogP contribution in [0.2, 0.25) is 0 Å². The van der Waals surface area contributed by atoms with Crippen molar-refractivity contribution in [2.45, 2.75) is 12.8 Å². The average Bonchev–Trinajstić information content (AvgIpc) is 2.93. The first kappa shape index (κ1) is 17.4. The Balaban J connectivity index is 1.70. The first-order chi connectivity index (χ1) is 12.0. The molecule has 1 atom stereocenters. The number of amides is 1. The molecule has 7 heteroatoms. The van der Waals surface area contributed by atoms with Crippen LogP contribution >= 0.6 is 0 Å². The van der Waals surface area contributed by atoms with Gasteiger partial charge >= 0.3 is 0 Å². The summed E-state index contributed by atoms with van der Waals surface area (Å²) in [6.07, 6.45) is 2.27. The number of hydrogen-bond donors (Lipinski definition) is 1. The summed E-state index contributed by atoms with van der Waals surface area (Å²) < 4.78 is 28.3. The van der Waals surface area contributed by atoms with Crippen LogP contribution in [-0.2, 0) is 14.6 Å². The maximum absolute atomic E-state index is 12.0. The molecule has 0 radical (unpaired) electrons.